The smallest absolute Gasteiger partial charge is 0.0645 e. The average Bonchev–Trinajstić information content (AvgIpc) is 3.03. The number of nitrogens with zero attached hydrogens (tertiary/aromatic N) is 1. The van der Waals surface area contributed by atoms with Crippen molar-refractivity contribution < 1.29 is 11.0 Å². The third-order valence-electron chi connectivity index (χ3n) is 3.10. The number of hydrogen-bond donors (Lipinski definition) is 0. The van der Waals surface area contributed by atoms with Crippen molar-refractivity contribution in [3.63, 3.8) is 0 Å². The number of halogens is 1. The molecule has 0 fully saturated rings. The van der Waals surface area contributed by atoms with Crippen LogP contribution in [0.3, 0.4) is 0 Å². The highest BCUT2D eigenvalue weighted by Gasteiger charge is 2.10. The van der Waals surface area contributed by atoms with Gasteiger partial charge in [0, 0.05) is 20.9 Å². The van der Waals surface area contributed by atoms with Crippen molar-refractivity contribution in [2.75, 3.05) is 0 Å². The molecule has 4 rings (SSSR count). The topological polar surface area (TPSA) is 4.93 Å². The molecule has 96 valence electrons. The van der Waals surface area contributed by atoms with E-state index in [1.54, 1.807) is 24.3 Å². The van der Waals surface area contributed by atoms with Gasteiger partial charge in [-0.25, -0.2) is 0 Å². The van der Waals surface area contributed by atoms with Crippen molar-refractivity contribution in [1.29, 1.82) is 0 Å². The summed E-state index contributed by atoms with van der Waals surface area (Å²) >= 11 is 3.38. The Kier molecular flexibility index (Phi) is 1.38. The number of fused-ring (bicyclic) bond motifs is 3. The lowest BCUT2D eigenvalue weighted by Crippen LogP contribution is -1.93. The molecule has 0 aliphatic heterocycles. The molecule has 0 saturated heterocycles. The van der Waals surface area contributed by atoms with Gasteiger partial charge in [-0.15, -0.1) is 0 Å². The molecular weight excluding hydrogens is 310 g/mol. The lowest BCUT2D eigenvalue weighted by atomic mass is 10.2. The molecule has 3 aromatic carbocycles. The zero-order valence-electron chi connectivity index (χ0n) is 18.1. The predicted octanol–water partition coefficient (Wildman–Crippen LogP) is 5.55. The summed E-state index contributed by atoms with van der Waals surface area (Å²) in [5.41, 5.74) is 0.752. The van der Waals surface area contributed by atoms with Crippen LogP contribution in [0.4, 0.5) is 0 Å². The van der Waals surface area contributed by atoms with Crippen molar-refractivity contribution in [3.05, 3.63) is 77.1 Å². The number of aromatic nitrogens is 1. The maximum absolute atomic E-state index is 8.41. The monoisotopic (exact) mass is 329 g/mol. The van der Waals surface area contributed by atoms with Gasteiger partial charge in [-0.2, -0.15) is 0 Å². The first-order chi connectivity index (χ1) is 13.2. The number of para-hydroxylation sites is 2. The van der Waals surface area contributed by atoms with Crippen LogP contribution in [0.15, 0.2) is 77.1 Å². The Bertz CT molecular complexity index is 1230. The molecule has 0 unspecified atom stereocenters. The predicted molar refractivity (Wildman–Crippen MR) is 88.5 cm³/mol. The quantitative estimate of drug-likeness (QED) is 0.431. The van der Waals surface area contributed by atoms with Crippen LogP contribution in [0, 0.1) is 0 Å². The Labute approximate surface area is 136 Å². The molecular formula is C18H12BrN. The molecule has 0 aliphatic carbocycles. The molecule has 0 N–H and O–H groups in total. The highest BCUT2D eigenvalue weighted by Crippen LogP contribution is 2.32. The molecule has 0 bridgehead atoms. The van der Waals surface area contributed by atoms with Crippen LogP contribution in [0.1, 0.15) is 11.0 Å². The van der Waals surface area contributed by atoms with Gasteiger partial charge in [0.2, 0.25) is 0 Å². The van der Waals surface area contributed by atoms with Crippen LogP contribution in [0.25, 0.3) is 27.5 Å². The van der Waals surface area contributed by atoms with Crippen molar-refractivity contribution in [3.8, 4) is 5.69 Å². The van der Waals surface area contributed by atoms with Crippen LogP contribution in [-0.4, -0.2) is 4.57 Å². The summed E-state index contributed by atoms with van der Waals surface area (Å²) in [6.45, 7) is 0. The molecule has 2 heteroatoms. The van der Waals surface area contributed by atoms with Crippen LogP contribution in [-0.2, 0) is 0 Å². The SMILES string of the molecule is [2H]c1c([2H])c([2H])c2c(c1[2H])c1c([2H])c([2H])c([2H])c([2H])c1n2-c1cccc(Br)c1. The first kappa shape index (κ1) is 6.15. The van der Waals surface area contributed by atoms with Gasteiger partial charge >= 0.3 is 0 Å². The van der Waals surface area contributed by atoms with Crippen LogP contribution in [0.2, 0.25) is 0 Å². The lowest BCUT2D eigenvalue weighted by molar-refractivity contribution is 1.18. The van der Waals surface area contributed by atoms with Gasteiger partial charge in [0.25, 0.3) is 0 Å². The number of rotatable bonds is 1. The number of benzene rings is 3. The minimum absolute atomic E-state index is 0.0768. The maximum Gasteiger partial charge on any atom is 0.0645 e. The van der Waals surface area contributed by atoms with E-state index < -0.39 is 24.2 Å². The van der Waals surface area contributed by atoms with E-state index in [1.165, 1.54) is 4.57 Å². The molecule has 1 aromatic heterocycles. The first-order valence-electron chi connectivity index (χ1n) is 9.93. The Morgan fingerprint density at radius 2 is 1.45 bits per heavy atom. The summed E-state index contributed by atoms with van der Waals surface area (Å²) in [6.07, 6.45) is 0. The normalized spacial score (nSPS) is 16.9. The van der Waals surface area contributed by atoms with Gasteiger partial charge in [-0.05, 0) is 30.3 Å². The van der Waals surface area contributed by atoms with E-state index in [4.69, 9.17) is 11.0 Å². The highest BCUT2D eigenvalue weighted by atomic mass is 79.9. The Morgan fingerprint density at radius 3 is 2.05 bits per heavy atom. The number of hydrogen-bond acceptors (Lipinski definition) is 0. The summed E-state index contributed by atoms with van der Waals surface area (Å²) in [5.74, 6) is 0. The molecule has 0 atom stereocenters. The summed E-state index contributed by atoms with van der Waals surface area (Å²) in [6, 6.07) is 3.96. The first-order valence-corrected chi connectivity index (χ1v) is 6.72. The molecule has 20 heavy (non-hydrogen) atoms. The molecule has 0 spiro atoms. The molecule has 1 heterocycles. The van der Waals surface area contributed by atoms with Gasteiger partial charge in [0.05, 0.1) is 22.0 Å². The van der Waals surface area contributed by atoms with Crippen molar-refractivity contribution in [1.82, 2.24) is 4.57 Å². The third kappa shape index (κ3) is 1.69. The third-order valence-corrected chi connectivity index (χ3v) is 3.59. The van der Waals surface area contributed by atoms with E-state index >= 15 is 0 Å². The van der Waals surface area contributed by atoms with Gasteiger partial charge in [0.15, 0.2) is 0 Å². The van der Waals surface area contributed by atoms with Gasteiger partial charge < -0.3 is 4.57 Å². The highest BCUT2D eigenvalue weighted by molar-refractivity contribution is 9.10. The van der Waals surface area contributed by atoms with Crippen molar-refractivity contribution in [2.45, 2.75) is 0 Å². The van der Waals surface area contributed by atoms with E-state index in [0.29, 0.717) is 5.69 Å². The van der Waals surface area contributed by atoms with Crippen LogP contribution in [0.5, 0.6) is 0 Å². The van der Waals surface area contributed by atoms with Crippen LogP contribution < -0.4 is 0 Å². The summed E-state index contributed by atoms with van der Waals surface area (Å²) in [4.78, 5) is 0. The fraction of sp³-hybridized carbons (Fsp3) is 0. The molecule has 0 radical (unpaired) electrons. The van der Waals surface area contributed by atoms with Gasteiger partial charge in [-0.1, -0.05) is 58.3 Å². The summed E-state index contributed by atoms with van der Waals surface area (Å²) in [5, 5.41) is 0.154. The van der Waals surface area contributed by atoms with Crippen molar-refractivity contribution in [2.24, 2.45) is 0 Å². The van der Waals surface area contributed by atoms with Crippen LogP contribution >= 0.6 is 15.9 Å². The zero-order chi connectivity index (χ0) is 20.5. The summed E-state index contributed by atoms with van der Waals surface area (Å²) < 4.78 is 67.8. The maximum atomic E-state index is 8.41. The Morgan fingerprint density at radius 1 is 0.850 bits per heavy atom. The largest absolute Gasteiger partial charge is 0.309 e. The zero-order valence-corrected chi connectivity index (χ0v) is 11.7. The van der Waals surface area contributed by atoms with E-state index in [1.807, 2.05) is 0 Å². The second kappa shape index (κ2) is 4.50. The van der Waals surface area contributed by atoms with Gasteiger partial charge in [-0.3, -0.25) is 0 Å². The average molecular weight is 330 g/mol. The fourth-order valence-electron chi connectivity index (χ4n) is 2.29. The van der Waals surface area contributed by atoms with Gasteiger partial charge in [0.1, 0.15) is 0 Å². The Hall–Kier alpha value is -2.06. The van der Waals surface area contributed by atoms with Crippen molar-refractivity contribution >= 4 is 37.7 Å². The molecule has 0 saturated carbocycles. The van der Waals surface area contributed by atoms with E-state index in [-0.39, 0.29) is 46.0 Å². The molecule has 0 aliphatic rings. The Balaban J connectivity index is 2.44. The molecule has 1 nitrogen and oxygen atoms in total. The van der Waals surface area contributed by atoms with E-state index in [0.717, 1.165) is 4.47 Å². The van der Waals surface area contributed by atoms with E-state index in [2.05, 4.69) is 15.9 Å². The van der Waals surface area contributed by atoms with E-state index in [9.17, 15) is 0 Å². The second-order valence-corrected chi connectivity index (χ2v) is 5.18. The molecule has 0 amide bonds. The minimum Gasteiger partial charge on any atom is -0.309 e. The molecule has 4 aromatic rings. The standard InChI is InChI=1S/C18H12BrN/c19-13-6-5-7-14(12-13)20-17-10-3-1-8-15(17)16-9-2-4-11-18(16)20/h1-12H/i1D,2D,3D,4D,8D,9D,10D,11D. The summed E-state index contributed by atoms with van der Waals surface area (Å²) in [7, 11) is 0. The minimum atomic E-state index is -0.446. The second-order valence-electron chi connectivity index (χ2n) is 4.26. The lowest BCUT2D eigenvalue weighted by Gasteiger charge is -2.07. The fourth-order valence-corrected chi connectivity index (χ4v) is 2.68.